The summed E-state index contributed by atoms with van der Waals surface area (Å²) in [6, 6.07) is 8.30. The van der Waals surface area contributed by atoms with Gasteiger partial charge in [-0.3, -0.25) is 9.78 Å². The average molecular weight is 402 g/mol. The Morgan fingerprint density at radius 1 is 1.23 bits per heavy atom. The van der Waals surface area contributed by atoms with Crippen molar-refractivity contribution >= 4 is 16.8 Å². The molecule has 1 aliphatic heterocycles. The fourth-order valence-electron chi connectivity index (χ4n) is 4.13. The van der Waals surface area contributed by atoms with Crippen LogP contribution in [0.2, 0.25) is 0 Å². The van der Waals surface area contributed by atoms with E-state index in [1.807, 2.05) is 24.1 Å². The maximum absolute atomic E-state index is 12.8. The smallest absolute Gasteiger partial charge is 0.267 e. The quantitative estimate of drug-likeness (QED) is 0.510. The number of carbonyl (C=O) groups excluding carboxylic acids is 1. The molecule has 3 aromatic heterocycles. The summed E-state index contributed by atoms with van der Waals surface area (Å²) in [5.41, 5.74) is 2.96. The highest BCUT2D eigenvalue weighted by molar-refractivity contribution is 5.85. The summed E-state index contributed by atoms with van der Waals surface area (Å²) in [5.74, 6) is 1.14. The first-order valence-electron chi connectivity index (χ1n) is 10.1. The molecule has 1 fully saturated rings. The van der Waals surface area contributed by atoms with E-state index in [-0.39, 0.29) is 11.8 Å². The molecular weight excluding hydrogens is 380 g/mol. The van der Waals surface area contributed by atoms with E-state index >= 15 is 0 Å². The zero-order chi connectivity index (χ0) is 20.5. The number of likely N-dealkylation sites (tertiary alicyclic amines) is 1. The Morgan fingerprint density at radius 2 is 2.13 bits per heavy atom. The van der Waals surface area contributed by atoms with Crippen LogP contribution >= 0.6 is 0 Å². The van der Waals surface area contributed by atoms with Crippen LogP contribution in [0.15, 0.2) is 53.5 Å². The topological polar surface area (TPSA) is 89.9 Å². The normalized spacial score (nSPS) is 16.4. The van der Waals surface area contributed by atoms with Crippen molar-refractivity contribution in [1.82, 2.24) is 29.6 Å². The summed E-state index contributed by atoms with van der Waals surface area (Å²) in [5, 5.41) is 9.47. The van der Waals surface area contributed by atoms with Crippen molar-refractivity contribution in [2.75, 3.05) is 13.1 Å². The Labute approximate surface area is 173 Å². The van der Waals surface area contributed by atoms with Crippen LogP contribution in [0.1, 0.15) is 30.2 Å². The van der Waals surface area contributed by atoms with Gasteiger partial charge in [-0.15, -0.1) is 10.2 Å². The lowest BCUT2D eigenvalue weighted by atomic mass is 10.1. The summed E-state index contributed by atoms with van der Waals surface area (Å²) in [4.78, 5) is 22.9. The second kappa shape index (κ2) is 7.70. The van der Waals surface area contributed by atoms with Crippen LogP contribution < -0.4 is 0 Å². The van der Waals surface area contributed by atoms with Gasteiger partial charge in [0.15, 0.2) is 0 Å². The summed E-state index contributed by atoms with van der Waals surface area (Å²) in [6.07, 6.45) is 8.95. The number of rotatable bonds is 5. The van der Waals surface area contributed by atoms with Gasteiger partial charge in [-0.25, -0.2) is 4.98 Å². The number of nitrogens with zero attached hydrogens (tertiary/aromatic N) is 6. The molecule has 8 heteroatoms. The van der Waals surface area contributed by atoms with Crippen LogP contribution in [0.5, 0.6) is 0 Å². The van der Waals surface area contributed by atoms with Gasteiger partial charge in [-0.1, -0.05) is 18.2 Å². The van der Waals surface area contributed by atoms with Crippen LogP contribution in [-0.2, 0) is 18.3 Å². The zero-order valence-electron chi connectivity index (χ0n) is 16.7. The molecule has 5 rings (SSSR count). The lowest BCUT2D eigenvalue weighted by Gasteiger charge is -2.15. The van der Waals surface area contributed by atoms with E-state index in [9.17, 15) is 4.79 Å². The third kappa shape index (κ3) is 3.45. The molecule has 1 aromatic carbocycles. The van der Waals surface area contributed by atoms with Gasteiger partial charge >= 0.3 is 0 Å². The van der Waals surface area contributed by atoms with Crippen LogP contribution in [0.25, 0.3) is 22.5 Å². The fraction of sp³-hybridized carbons (Fsp3) is 0.318. The second-order valence-electron chi connectivity index (χ2n) is 7.64. The van der Waals surface area contributed by atoms with E-state index in [1.165, 1.54) is 16.5 Å². The molecule has 0 radical (unpaired) electrons. The van der Waals surface area contributed by atoms with Crippen molar-refractivity contribution in [1.29, 1.82) is 0 Å². The van der Waals surface area contributed by atoms with E-state index in [4.69, 9.17) is 4.42 Å². The van der Waals surface area contributed by atoms with E-state index in [2.05, 4.69) is 43.1 Å². The van der Waals surface area contributed by atoms with Gasteiger partial charge in [0, 0.05) is 56.1 Å². The number of aryl methyl sites for hydroxylation is 2. The van der Waals surface area contributed by atoms with Crippen LogP contribution in [0.3, 0.4) is 0 Å². The minimum atomic E-state index is 0.0597. The molecule has 1 aliphatic rings. The van der Waals surface area contributed by atoms with Gasteiger partial charge in [0.05, 0.1) is 12.1 Å². The third-order valence-electron chi connectivity index (χ3n) is 5.70. The average Bonchev–Trinajstić information content (AvgIpc) is 3.52. The Morgan fingerprint density at radius 3 is 3.00 bits per heavy atom. The van der Waals surface area contributed by atoms with E-state index < -0.39 is 0 Å². The summed E-state index contributed by atoms with van der Waals surface area (Å²) in [6.45, 7) is 1.32. The van der Waals surface area contributed by atoms with E-state index in [1.54, 1.807) is 18.6 Å². The molecule has 0 saturated carbocycles. The number of hydrogen-bond donors (Lipinski definition) is 0. The number of para-hydroxylation sites is 1. The zero-order valence-corrected chi connectivity index (χ0v) is 16.7. The molecule has 1 saturated heterocycles. The molecule has 1 atom stereocenters. The third-order valence-corrected chi connectivity index (χ3v) is 5.70. The predicted molar refractivity (Wildman–Crippen MR) is 111 cm³/mol. The molecule has 8 nitrogen and oxygen atoms in total. The van der Waals surface area contributed by atoms with Crippen molar-refractivity contribution in [2.45, 2.75) is 25.2 Å². The van der Waals surface area contributed by atoms with Gasteiger partial charge in [-0.2, -0.15) is 0 Å². The Bertz CT molecular complexity index is 1180. The highest BCUT2D eigenvalue weighted by atomic mass is 16.4. The van der Waals surface area contributed by atoms with Crippen molar-refractivity contribution in [3.05, 3.63) is 60.5 Å². The molecule has 0 aliphatic carbocycles. The molecule has 1 amide bonds. The van der Waals surface area contributed by atoms with E-state index in [0.717, 1.165) is 12.8 Å². The van der Waals surface area contributed by atoms with E-state index in [0.29, 0.717) is 37.0 Å². The van der Waals surface area contributed by atoms with Crippen molar-refractivity contribution in [2.24, 2.45) is 7.05 Å². The summed E-state index contributed by atoms with van der Waals surface area (Å²) < 4.78 is 7.91. The SMILES string of the molecule is Cn1cc(CCC(=O)N2CCC(c3nnc(-c4cnccn4)o3)C2)c2ccccc21. The van der Waals surface area contributed by atoms with Gasteiger partial charge in [0.1, 0.15) is 5.69 Å². The minimum Gasteiger partial charge on any atom is -0.419 e. The van der Waals surface area contributed by atoms with Crippen LogP contribution in [0.4, 0.5) is 0 Å². The molecular formula is C22H22N6O2. The maximum Gasteiger partial charge on any atom is 0.267 e. The maximum atomic E-state index is 12.8. The lowest BCUT2D eigenvalue weighted by molar-refractivity contribution is -0.130. The monoisotopic (exact) mass is 402 g/mol. The molecule has 0 N–H and O–H groups in total. The first kappa shape index (κ1) is 18.5. The summed E-state index contributed by atoms with van der Waals surface area (Å²) >= 11 is 0. The Hall–Kier alpha value is -3.55. The Balaban J connectivity index is 1.22. The van der Waals surface area contributed by atoms with Gasteiger partial charge < -0.3 is 13.9 Å². The molecule has 152 valence electrons. The number of amides is 1. The molecule has 4 aromatic rings. The first-order valence-corrected chi connectivity index (χ1v) is 10.1. The highest BCUT2D eigenvalue weighted by Gasteiger charge is 2.31. The fourth-order valence-corrected chi connectivity index (χ4v) is 4.13. The molecule has 1 unspecified atom stereocenters. The van der Waals surface area contributed by atoms with Gasteiger partial charge in [0.25, 0.3) is 5.89 Å². The minimum absolute atomic E-state index is 0.0597. The van der Waals surface area contributed by atoms with Gasteiger partial charge in [-0.05, 0) is 24.5 Å². The predicted octanol–water partition coefficient (Wildman–Crippen LogP) is 2.97. The number of aromatic nitrogens is 5. The molecule has 0 spiro atoms. The summed E-state index contributed by atoms with van der Waals surface area (Å²) in [7, 11) is 2.04. The molecule has 4 heterocycles. The molecule has 0 bridgehead atoms. The number of hydrogen-bond acceptors (Lipinski definition) is 6. The number of benzene rings is 1. The van der Waals surface area contributed by atoms with Crippen LogP contribution in [-0.4, -0.2) is 48.6 Å². The molecule has 30 heavy (non-hydrogen) atoms. The Kier molecular flexibility index (Phi) is 4.74. The largest absolute Gasteiger partial charge is 0.419 e. The lowest BCUT2D eigenvalue weighted by Crippen LogP contribution is -2.28. The van der Waals surface area contributed by atoms with Crippen LogP contribution in [0, 0.1) is 0 Å². The first-order chi connectivity index (χ1) is 14.7. The number of carbonyl (C=O) groups is 1. The van der Waals surface area contributed by atoms with Crippen molar-refractivity contribution in [3.63, 3.8) is 0 Å². The van der Waals surface area contributed by atoms with Crippen molar-refractivity contribution < 1.29 is 9.21 Å². The standard InChI is InChI=1S/C22H22N6O2/c1-27-13-15(17-4-2-3-5-19(17)27)6-7-20(29)28-11-8-16(14-28)21-25-26-22(30-21)18-12-23-9-10-24-18/h2-5,9-10,12-13,16H,6-8,11,14H2,1H3. The highest BCUT2D eigenvalue weighted by Crippen LogP contribution is 2.29. The van der Waals surface area contributed by atoms with Gasteiger partial charge in [0.2, 0.25) is 11.8 Å². The second-order valence-corrected chi connectivity index (χ2v) is 7.64. The van der Waals surface area contributed by atoms with Crippen molar-refractivity contribution in [3.8, 4) is 11.6 Å². The number of fused-ring (bicyclic) bond motifs is 1.